The number of furan rings is 2. The molecule has 0 radical (unpaired) electrons. The normalized spacial score (nSPS) is 12.8. The summed E-state index contributed by atoms with van der Waals surface area (Å²) in [6, 6.07) is 48.2. The number of benzene rings is 7. The van der Waals surface area contributed by atoms with Gasteiger partial charge in [0.15, 0.2) is 17.5 Å². The molecule has 0 atom stereocenters. The van der Waals surface area contributed by atoms with E-state index in [1.807, 2.05) is 66.7 Å². The van der Waals surface area contributed by atoms with Crippen LogP contribution in [-0.4, -0.2) is 15.0 Å². The van der Waals surface area contributed by atoms with Crippen molar-refractivity contribution in [3.63, 3.8) is 0 Å². The van der Waals surface area contributed by atoms with Crippen molar-refractivity contribution in [1.82, 2.24) is 15.0 Å². The van der Waals surface area contributed by atoms with E-state index in [0.717, 1.165) is 79.0 Å². The summed E-state index contributed by atoms with van der Waals surface area (Å²) in [5.74, 6) is 1.77. The van der Waals surface area contributed by atoms with Gasteiger partial charge in [-0.1, -0.05) is 115 Å². The number of nitrogens with zero attached hydrogens (tertiary/aromatic N) is 3. The zero-order valence-corrected chi connectivity index (χ0v) is 28.0. The number of rotatable bonds is 4. The second kappa shape index (κ2) is 11.3. The van der Waals surface area contributed by atoms with Gasteiger partial charge in [-0.15, -0.1) is 0 Å². The fourth-order valence-electron chi connectivity index (χ4n) is 7.91. The van der Waals surface area contributed by atoms with Crippen molar-refractivity contribution < 1.29 is 8.83 Å². The lowest BCUT2D eigenvalue weighted by molar-refractivity contribution is 0.666. The molecule has 11 rings (SSSR count). The van der Waals surface area contributed by atoms with E-state index < -0.39 is 0 Å². The molecule has 1 aliphatic carbocycles. The van der Waals surface area contributed by atoms with E-state index in [9.17, 15) is 0 Å². The first-order valence-electron chi connectivity index (χ1n) is 17.7. The molecule has 0 aliphatic heterocycles. The number of hydrogen-bond donors (Lipinski definition) is 0. The molecule has 0 fully saturated rings. The van der Waals surface area contributed by atoms with E-state index in [1.54, 1.807) is 0 Å². The first kappa shape index (κ1) is 28.9. The Kier molecular flexibility index (Phi) is 6.31. The van der Waals surface area contributed by atoms with Crippen molar-refractivity contribution in [2.24, 2.45) is 0 Å². The van der Waals surface area contributed by atoms with Gasteiger partial charge < -0.3 is 8.83 Å². The Balaban J connectivity index is 1.16. The first-order chi connectivity index (χ1) is 25.7. The Hall–Kier alpha value is -6.85. The van der Waals surface area contributed by atoms with Crippen LogP contribution >= 0.6 is 0 Å². The van der Waals surface area contributed by atoms with Gasteiger partial charge in [0.25, 0.3) is 0 Å². The van der Waals surface area contributed by atoms with Crippen LogP contribution in [0.3, 0.4) is 0 Å². The zero-order chi connectivity index (χ0) is 34.2. The summed E-state index contributed by atoms with van der Waals surface area (Å²) in [4.78, 5) is 15.3. The number of fused-ring (bicyclic) bond motifs is 9. The topological polar surface area (TPSA) is 65.0 Å². The summed E-state index contributed by atoms with van der Waals surface area (Å²) in [5.41, 5.74) is 10.9. The Bertz CT molecular complexity index is 3080. The average molecular weight is 668 g/mol. The summed E-state index contributed by atoms with van der Waals surface area (Å²) in [5, 5.41) is 6.65. The second-order valence-electron chi connectivity index (χ2n) is 13.5. The molecular weight excluding hydrogens is 639 g/mol. The molecule has 5 heteroatoms. The molecule has 0 N–H and O–H groups in total. The average Bonchev–Trinajstić information content (AvgIpc) is 3.79. The largest absolute Gasteiger partial charge is 0.456 e. The molecule has 0 bridgehead atoms. The van der Waals surface area contributed by atoms with Crippen LogP contribution in [0.15, 0.2) is 154 Å². The van der Waals surface area contributed by atoms with Gasteiger partial charge in [0.1, 0.15) is 22.3 Å². The minimum Gasteiger partial charge on any atom is -0.456 e. The molecule has 0 amide bonds. The van der Waals surface area contributed by atoms with Crippen molar-refractivity contribution in [3.05, 3.63) is 157 Å². The number of allylic oxidation sites excluding steroid dienone is 1. The van der Waals surface area contributed by atoms with Gasteiger partial charge in [0, 0.05) is 43.8 Å². The number of para-hydroxylation sites is 1. The fraction of sp³-hybridized carbons (Fsp3) is 0.0426. The minimum atomic E-state index is 0.577. The maximum atomic E-state index is 6.75. The highest BCUT2D eigenvalue weighted by molar-refractivity contribution is 6.15. The number of aromatic nitrogens is 3. The van der Waals surface area contributed by atoms with Gasteiger partial charge in [0.05, 0.1) is 0 Å². The quantitative estimate of drug-likeness (QED) is 0.187. The molecule has 0 unspecified atom stereocenters. The summed E-state index contributed by atoms with van der Waals surface area (Å²) < 4.78 is 13.0. The van der Waals surface area contributed by atoms with Crippen LogP contribution < -0.4 is 0 Å². The predicted molar refractivity (Wildman–Crippen MR) is 211 cm³/mol. The van der Waals surface area contributed by atoms with Gasteiger partial charge in [0.2, 0.25) is 0 Å². The van der Waals surface area contributed by atoms with Gasteiger partial charge in [-0.25, -0.2) is 15.0 Å². The van der Waals surface area contributed by atoms with Gasteiger partial charge in [-0.3, -0.25) is 0 Å². The Morgan fingerprint density at radius 2 is 1.21 bits per heavy atom. The first-order valence-corrected chi connectivity index (χ1v) is 17.7. The molecule has 0 spiro atoms. The highest BCUT2D eigenvalue weighted by Gasteiger charge is 2.23. The monoisotopic (exact) mass is 667 g/mol. The van der Waals surface area contributed by atoms with Gasteiger partial charge in [-0.05, 0) is 76.7 Å². The highest BCUT2D eigenvalue weighted by atomic mass is 16.3. The van der Waals surface area contributed by atoms with Gasteiger partial charge >= 0.3 is 0 Å². The SMILES string of the molecule is C1=Cc2c(c(-c3ccc4ccccc4c3)cc3c2oc2cccc(-c4nc(-c5ccccc5)nc(-c5ccc6c(c5)oc5ccccc56)n4)c23)CC1. The molecule has 5 nitrogen and oxygen atoms in total. The van der Waals surface area contributed by atoms with E-state index in [4.69, 9.17) is 23.8 Å². The van der Waals surface area contributed by atoms with E-state index in [-0.39, 0.29) is 0 Å². The Morgan fingerprint density at radius 3 is 2.13 bits per heavy atom. The molecule has 52 heavy (non-hydrogen) atoms. The van der Waals surface area contributed by atoms with Crippen LogP contribution in [0.2, 0.25) is 0 Å². The lowest BCUT2D eigenvalue weighted by Gasteiger charge is -2.17. The van der Waals surface area contributed by atoms with E-state index in [2.05, 4.69) is 84.9 Å². The third-order valence-corrected chi connectivity index (χ3v) is 10.4. The molecule has 7 aromatic carbocycles. The van der Waals surface area contributed by atoms with E-state index in [1.165, 1.54) is 27.5 Å². The lowest BCUT2D eigenvalue weighted by Crippen LogP contribution is -2.00. The van der Waals surface area contributed by atoms with Crippen LogP contribution in [0.4, 0.5) is 0 Å². The minimum absolute atomic E-state index is 0.577. The smallest absolute Gasteiger partial charge is 0.164 e. The molecule has 0 saturated carbocycles. The molecule has 244 valence electrons. The Morgan fingerprint density at radius 1 is 0.462 bits per heavy atom. The molecule has 0 saturated heterocycles. The van der Waals surface area contributed by atoms with Crippen molar-refractivity contribution in [2.75, 3.05) is 0 Å². The van der Waals surface area contributed by atoms with Crippen molar-refractivity contribution in [3.8, 4) is 45.3 Å². The number of hydrogen-bond acceptors (Lipinski definition) is 5. The van der Waals surface area contributed by atoms with Crippen LogP contribution in [0.25, 0.3) is 106 Å². The van der Waals surface area contributed by atoms with Crippen molar-refractivity contribution in [1.29, 1.82) is 0 Å². The van der Waals surface area contributed by atoms with Crippen LogP contribution in [0, 0.1) is 0 Å². The standard InChI is InChI=1S/C47H29N3O2/c1-2-12-29(13-3-1)45-48-46(32-23-24-35-34-16-8-9-19-40(34)51-42(35)26-32)50-47(49-45)37-18-10-20-41-43(37)39-27-38(33-15-6-7-17-36(33)44(39)52-41)31-22-21-28-11-4-5-14-30(28)25-31/h1-5,7-14,16-27H,6,15H2. The molecule has 10 aromatic rings. The maximum Gasteiger partial charge on any atom is 0.164 e. The molecule has 3 aromatic heterocycles. The second-order valence-corrected chi connectivity index (χ2v) is 13.5. The lowest BCUT2D eigenvalue weighted by atomic mass is 9.86. The van der Waals surface area contributed by atoms with E-state index in [0.29, 0.717) is 17.5 Å². The van der Waals surface area contributed by atoms with Gasteiger partial charge in [-0.2, -0.15) is 0 Å². The molecule has 3 heterocycles. The summed E-state index contributed by atoms with van der Waals surface area (Å²) in [6.07, 6.45) is 6.45. The third-order valence-electron chi connectivity index (χ3n) is 10.4. The van der Waals surface area contributed by atoms with Crippen molar-refractivity contribution >= 4 is 60.7 Å². The summed E-state index contributed by atoms with van der Waals surface area (Å²) >= 11 is 0. The molecular formula is C47H29N3O2. The zero-order valence-electron chi connectivity index (χ0n) is 28.0. The highest BCUT2D eigenvalue weighted by Crippen LogP contribution is 2.44. The molecule has 1 aliphatic rings. The fourth-order valence-corrected chi connectivity index (χ4v) is 7.91. The van der Waals surface area contributed by atoms with Crippen molar-refractivity contribution in [2.45, 2.75) is 12.8 Å². The third kappa shape index (κ3) is 4.53. The Labute approximate surface area is 298 Å². The summed E-state index contributed by atoms with van der Waals surface area (Å²) in [6.45, 7) is 0. The van der Waals surface area contributed by atoms with Crippen LogP contribution in [0.5, 0.6) is 0 Å². The maximum absolute atomic E-state index is 6.75. The van der Waals surface area contributed by atoms with Crippen LogP contribution in [-0.2, 0) is 6.42 Å². The predicted octanol–water partition coefficient (Wildman–Crippen LogP) is 12.5. The summed E-state index contributed by atoms with van der Waals surface area (Å²) in [7, 11) is 0. The van der Waals surface area contributed by atoms with E-state index >= 15 is 0 Å². The van der Waals surface area contributed by atoms with Crippen LogP contribution in [0.1, 0.15) is 17.5 Å².